The summed E-state index contributed by atoms with van der Waals surface area (Å²) in [5.74, 6) is 0.641. The fourth-order valence-electron chi connectivity index (χ4n) is 2.28. The Morgan fingerprint density at radius 2 is 2.29 bits per heavy atom. The van der Waals surface area contributed by atoms with Gasteiger partial charge in [-0.2, -0.15) is 5.26 Å². The Labute approximate surface area is 104 Å². The van der Waals surface area contributed by atoms with Gasteiger partial charge in [-0.05, 0) is 25.8 Å². The maximum Gasteiger partial charge on any atom is 0.229 e. The predicted octanol–water partition coefficient (Wildman–Crippen LogP) is 1.38. The van der Waals surface area contributed by atoms with Crippen LogP contribution in [0.5, 0.6) is 0 Å². The van der Waals surface area contributed by atoms with Crippen LogP contribution in [0.15, 0.2) is 0 Å². The molecule has 4 nitrogen and oxygen atoms in total. The zero-order valence-electron chi connectivity index (χ0n) is 11.1. The largest absolute Gasteiger partial charge is 0.341 e. The van der Waals surface area contributed by atoms with E-state index in [2.05, 4.69) is 25.2 Å². The maximum atomic E-state index is 12.5. The maximum absolute atomic E-state index is 12.5. The van der Waals surface area contributed by atoms with Crippen LogP contribution < -0.4 is 5.32 Å². The fourth-order valence-corrected chi connectivity index (χ4v) is 2.28. The molecule has 1 unspecified atom stereocenters. The Morgan fingerprint density at radius 1 is 1.59 bits per heavy atom. The van der Waals surface area contributed by atoms with Gasteiger partial charge in [-0.25, -0.2) is 0 Å². The van der Waals surface area contributed by atoms with Gasteiger partial charge in [0.25, 0.3) is 0 Å². The number of hydrogen-bond acceptors (Lipinski definition) is 3. The van der Waals surface area contributed by atoms with Gasteiger partial charge in [0, 0.05) is 19.6 Å². The molecule has 1 heterocycles. The number of hydrogen-bond donors (Lipinski definition) is 1. The van der Waals surface area contributed by atoms with Crippen LogP contribution in [-0.2, 0) is 4.79 Å². The minimum absolute atomic E-state index is 0.200. The lowest BCUT2D eigenvalue weighted by atomic mass is 9.87. The molecule has 0 aromatic heterocycles. The monoisotopic (exact) mass is 237 g/mol. The van der Waals surface area contributed by atoms with E-state index in [1.54, 1.807) is 0 Å². The van der Waals surface area contributed by atoms with Crippen LogP contribution in [0.2, 0.25) is 0 Å². The topological polar surface area (TPSA) is 56.1 Å². The molecule has 96 valence electrons. The molecule has 1 saturated heterocycles. The minimum Gasteiger partial charge on any atom is -0.341 e. The van der Waals surface area contributed by atoms with Gasteiger partial charge >= 0.3 is 0 Å². The van der Waals surface area contributed by atoms with E-state index in [1.807, 2.05) is 11.8 Å². The molecule has 1 aliphatic heterocycles. The standard InChI is InChI=1S/C13H23N3O/c1-11(2)9-16(8-4-6-14)12(17)13(3)5-7-15-10-13/h11,15H,4-5,7-10H2,1-3H3. The minimum atomic E-state index is -0.273. The molecule has 1 fully saturated rings. The first-order valence-electron chi connectivity index (χ1n) is 6.36. The van der Waals surface area contributed by atoms with Crippen LogP contribution in [0, 0.1) is 22.7 Å². The summed E-state index contributed by atoms with van der Waals surface area (Å²) in [5, 5.41) is 11.9. The van der Waals surface area contributed by atoms with Crippen LogP contribution in [-0.4, -0.2) is 37.0 Å². The number of carbonyl (C=O) groups excluding carboxylic acids is 1. The van der Waals surface area contributed by atoms with Crippen molar-refractivity contribution in [2.24, 2.45) is 11.3 Å². The van der Waals surface area contributed by atoms with Gasteiger partial charge in [-0.15, -0.1) is 0 Å². The molecule has 0 spiro atoms. The van der Waals surface area contributed by atoms with E-state index in [4.69, 9.17) is 5.26 Å². The van der Waals surface area contributed by atoms with Crippen molar-refractivity contribution in [1.29, 1.82) is 5.26 Å². The Balaban J connectivity index is 2.67. The Morgan fingerprint density at radius 3 is 2.76 bits per heavy atom. The first-order valence-corrected chi connectivity index (χ1v) is 6.36. The molecular formula is C13H23N3O. The molecule has 1 N–H and O–H groups in total. The summed E-state index contributed by atoms with van der Waals surface area (Å²) in [5.41, 5.74) is -0.273. The molecule has 0 saturated carbocycles. The van der Waals surface area contributed by atoms with E-state index in [9.17, 15) is 4.79 Å². The fraction of sp³-hybridized carbons (Fsp3) is 0.846. The van der Waals surface area contributed by atoms with Gasteiger partial charge in [0.1, 0.15) is 0 Å². The third-order valence-electron chi connectivity index (χ3n) is 3.25. The first kappa shape index (κ1) is 14.0. The highest BCUT2D eigenvalue weighted by Crippen LogP contribution is 2.27. The second kappa shape index (κ2) is 6.02. The second-order valence-corrected chi connectivity index (χ2v) is 5.54. The van der Waals surface area contributed by atoms with Gasteiger partial charge in [0.05, 0.1) is 17.9 Å². The van der Waals surface area contributed by atoms with Gasteiger partial charge in [-0.1, -0.05) is 13.8 Å². The van der Waals surface area contributed by atoms with Crippen molar-refractivity contribution >= 4 is 5.91 Å². The summed E-state index contributed by atoms with van der Waals surface area (Å²) in [4.78, 5) is 14.3. The average Bonchev–Trinajstić information content (AvgIpc) is 2.71. The second-order valence-electron chi connectivity index (χ2n) is 5.54. The lowest BCUT2D eigenvalue weighted by molar-refractivity contribution is -0.140. The normalized spacial score (nSPS) is 23.7. The summed E-state index contributed by atoms with van der Waals surface area (Å²) in [6.07, 6.45) is 1.31. The van der Waals surface area contributed by atoms with E-state index >= 15 is 0 Å². The molecule has 0 bridgehead atoms. The number of nitrogens with zero attached hydrogens (tertiary/aromatic N) is 2. The van der Waals surface area contributed by atoms with Crippen LogP contribution in [0.4, 0.5) is 0 Å². The molecule has 0 aromatic carbocycles. The number of amides is 1. The molecule has 1 atom stereocenters. The number of rotatable bonds is 5. The highest BCUT2D eigenvalue weighted by molar-refractivity contribution is 5.83. The van der Waals surface area contributed by atoms with E-state index < -0.39 is 0 Å². The van der Waals surface area contributed by atoms with E-state index in [0.717, 1.165) is 26.1 Å². The van der Waals surface area contributed by atoms with Crippen molar-refractivity contribution in [1.82, 2.24) is 10.2 Å². The lowest BCUT2D eigenvalue weighted by Crippen LogP contribution is -2.45. The van der Waals surface area contributed by atoms with Crippen molar-refractivity contribution in [3.05, 3.63) is 0 Å². The van der Waals surface area contributed by atoms with E-state index in [1.165, 1.54) is 0 Å². The SMILES string of the molecule is CC(C)CN(CCC#N)C(=O)C1(C)CCNC1. The molecule has 1 rings (SSSR count). The summed E-state index contributed by atoms with van der Waals surface area (Å²) in [6.45, 7) is 9.20. The highest BCUT2D eigenvalue weighted by atomic mass is 16.2. The molecule has 0 aromatic rings. The molecule has 17 heavy (non-hydrogen) atoms. The molecular weight excluding hydrogens is 214 g/mol. The smallest absolute Gasteiger partial charge is 0.229 e. The third-order valence-corrected chi connectivity index (χ3v) is 3.25. The summed E-state index contributed by atoms with van der Waals surface area (Å²) < 4.78 is 0. The zero-order chi connectivity index (χ0) is 12.9. The van der Waals surface area contributed by atoms with Gasteiger partial charge in [-0.3, -0.25) is 4.79 Å². The van der Waals surface area contributed by atoms with Crippen molar-refractivity contribution in [3.8, 4) is 6.07 Å². The quantitative estimate of drug-likeness (QED) is 0.786. The van der Waals surface area contributed by atoms with E-state index in [0.29, 0.717) is 18.9 Å². The summed E-state index contributed by atoms with van der Waals surface area (Å²) >= 11 is 0. The summed E-state index contributed by atoms with van der Waals surface area (Å²) in [7, 11) is 0. The Hall–Kier alpha value is -1.08. The van der Waals surface area contributed by atoms with Gasteiger partial charge in [0.15, 0.2) is 0 Å². The van der Waals surface area contributed by atoms with Gasteiger partial charge in [0.2, 0.25) is 5.91 Å². The Bertz CT molecular complexity index is 300. The van der Waals surface area contributed by atoms with Crippen LogP contribution in [0.3, 0.4) is 0 Å². The van der Waals surface area contributed by atoms with Crippen molar-refractivity contribution in [3.63, 3.8) is 0 Å². The molecule has 1 aliphatic rings. The lowest BCUT2D eigenvalue weighted by Gasteiger charge is -2.32. The van der Waals surface area contributed by atoms with Gasteiger partial charge < -0.3 is 10.2 Å². The average molecular weight is 237 g/mol. The predicted molar refractivity (Wildman–Crippen MR) is 67.2 cm³/mol. The summed E-state index contributed by atoms with van der Waals surface area (Å²) in [6, 6.07) is 2.12. The molecule has 4 heteroatoms. The van der Waals surface area contributed by atoms with Crippen molar-refractivity contribution in [2.45, 2.75) is 33.6 Å². The van der Waals surface area contributed by atoms with Crippen molar-refractivity contribution in [2.75, 3.05) is 26.2 Å². The van der Waals surface area contributed by atoms with E-state index in [-0.39, 0.29) is 11.3 Å². The zero-order valence-corrected chi connectivity index (χ0v) is 11.1. The third kappa shape index (κ3) is 3.71. The molecule has 1 amide bonds. The Kier molecular flexibility index (Phi) is 4.95. The first-order chi connectivity index (χ1) is 7.99. The van der Waals surface area contributed by atoms with Crippen LogP contribution in [0.25, 0.3) is 0 Å². The number of nitriles is 1. The number of carbonyl (C=O) groups is 1. The molecule has 0 radical (unpaired) electrons. The van der Waals surface area contributed by atoms with Crippen LogP contribution in [0.1, 0.15) is 33.6 Å². The molecule has 0 aliphatic carbocycles. The van der Waals surface area contributed by atoms with Crippen molar-refractivity contribution < 1.29 is 4.79 Å². The number of nitrogens with one attached hydrogen (secondary N) is 1. The van der Waals surface area contributed by atoms with Crippen LogP contribution >= 0.6 is 0 Å². The highest BCUT2D eigenvalue weighted by Gasteiger charge is 2.39.